The van der Waals surface area contributed by atoms with Crippen molar-refractivity contribution in [1.82, 2.24) is 4.90 Å². The van der Waals surface area contributed by atoms with Crippen molar-refractivity contribution in [3.8, 4) is 0 Å². The first-order valence-electron chi connectivity index (χ1n) is 6.96. The predicted octanol–water partition coefficient (Wildman–Crippen LogP) is 3.77. The van der Waals surface area contributed by atoms with Gasteiger partial charge in [0.1, 0.15) is 5.82 Å². The van der Waals surface area contributed by atoms with E-state index in [0.717, 1.165) is 0 Å². The standard InChI is InChI=1S/C15H21F4NO/c1-3-8-20(10-15(17,18)19)9-11(2)14(21)12-6-4-5-7-13(12)16/h4-7,11,14,21H,3,8-10H2,1-2H3. The SMILES string of the molecule is CCCN(CC(C)C(O)c1ccccc1F)CC(F)(F)F. The Morgan fingerprint density at radius 2 is 1.86 bits per heavy atom. The molecule has 2 atom stereocenters. The summed E-state index contributed by atoms with van der Waals surface area (Å²) < 4.78 is 51.1. The monoisotopic (exact) mass is 307 g/mol. The highest BCUT2D eigenvalue weighted by molar-refractivity contribution is 5.20. The normalized spacial score (nSPS) is 15.2. The minimum absolute atomic E-state index is 0.0584. The molecule has 0 aliphatic rings. The lowest BCUT2D eigenvalue weighted by Gasteiger charge is -2.28. The van der Waals surface area contributed by atoms with Crippen LogP contribution >= 0.6 is 0 Å². The Balaban J connectivity index is 2.72. The predicted molar refractivity (Wildman–Crippen MR) is 73.3 cm³/mol. The summed E-state index contributed by atoms with van der Waals surface area (Å²) in [4.78, 5) is 1.24. The van der Waals surface area contributed by atoms with E-state index in [1.807, 2.05) is 0 Å². The van der Waals surface area contributed by atoms with Gasteiger partial charge in [-0.25, -0.2) is 4.39 Å². The zero-order chi connectivity index (χ0) is 16.0. The van der Waals surface area contributed by atoms with Crippen LogP contribution in [0.1, 0.15) is 31.9 Å². The van der Waals surface area contributed by atoms with Crippen molar-refractivity contribution in [2.24, 2.45) is 5.92 Å². The van der Waals surface area contributed by atoms with Gasteiger partial charge in [0.05, 0.1) is 12.6 Å². The van der Waals surface area contributed by atoms with Gasteiger partial charge in [0.2, 0.25) is 0 Å². The minimum atomic E-state index is -4.28. The van der Waals surface area contributed by atoms with Crippen molar-refractivity contribution in [3.63, 3.8) is 0 Å². The molecule has 0 aromatic heterocycles. The van der Waals surface area contributed by atoms with Crippen LogP contribution in [0.4, 0.5) is 17.6 Å². The Morgan fingerprint density at radius 1 is 1.24 bits per heavy atom. The van der Waals surface area contributed by atoms with Gasteiger partial charge in [-0.3, -0.25) is 4.90 Å². The molecular weight excluding hydrogens is 286 g/mol. The van der Waals surface area contributed by atoms with Gasteiger partial charge in [-0.15, -0.1) is 0 Å². The maximum absolute atomic E-state index is 13.6. The highest BCUT2D eigenvalue weighted by Gasteiger charge is 2.32. The lowest BCUT2D eigenvalue weighted by atomic mass is 9.96. The molecule has 0 spiro atoms. The van der Waals surface area contributed by atoms with Crippen LogP contribution in [0.25, 0.3) is 0 Å². The summed E-state index contributed by atoms with van der Waals surface area (Å²) in [5, 5.41) is 10.1. The summed E-state index contributed by atoms with van der Waals surface area (Å²) in [6, 6.07) is 5.77. The van der Waals surface area contributed by atoms with Crippen LogP contribution < -0.4 is 0 Å². The maximum Gasteiger partial charge on any atom is 0.401 e. The van der Waals surface area contributed by atoms with Crippen molar-refractivity contribution < 1.29 is 22.7 Å². The second-order valence-corrected chi connectivity index (χ2v) is 5.29. The van der Waals surface area contributed by atoms with Crippen molar-refractivity contribution in [1.29, 1.82) is 0 Å². The summed E-state index contributed by atoms with van der Waals surface area (Å²) in [5.41, 5.74) is 0.119. The molecule has 21 heavy (non-hydrogen) atoms. The molecule has 0 heterocycles. The molecule has 0 radical (unpaired) electrons. The van der Waals surface area contributed by atoms with E-state index in [-0.39, 0.29) is 18.7 Å². The number of aliphatic hydroxyl groups is 1. The van der Waals surface area contributed by atoms with Crippen LogP contribution in [0.3, 0.4) is 0 Å². The largest absolute Gasteiger partial charge is 0.401 e. The van der Waals surface area contributed by atoms with E-state index in [9.17, 15) is 22.7 Å². The molecule has 0 bridgehead atoms. The Morgan fingerprint density at radius 3 is 2.38 bits per heavy atom. The van der Waals surface area contributed by atoms with Gasteiger partial charge in [-0.1, -0.05) is 32.0 Å². The van der Waals surface area contributed by atoms with Gasteiger partial charge in [0, 0.05) is 12.1 Å². The summed E-state index contributed by atoms with van der Waals surface area (Å²) in [6.45, 7) is 2.74. The van der Waals surface area contributed by atoms with Crippen LogP contribution in [-0.2, 0) is 0 Å². The summed E-state index contributed by atoms with van der Waals surface area (Å²) in [6.07, 6.45) is -4.82. The van der Waals surface area contributed by atoms with Gasteiger partial charge in [0.25, 0.3) is 0 Å². The number of alkyl halides is 3. The summed E-state index contributed by atoms with van der Waals surface area (Å²) >= 11 is 0. The first kappa shape index (κ1) is 17.9. The van der Waals surface area contributed by atoms with Gasteiger partial charge in [-0.2, -0.15) is 13.2 Å². The molecule has 1 aromatic carbocycles. The van der Waals surface area contributed by atoms with Crippen molar-refractivity contribution in [2.75, 3.05) is 19.6 Å². The first-order chi connectivity index (χ1) is 9.74. The quantitative estimate of drug-likeness (QED) is 0.775. The van der Waals surface area contributed by atoms with Gasteiger partial charge in [0.15, 0.2) is 0 Å². The topological polar surface area (TPSA) is 23.5 Å². The molecule has 1 aromatic rings. The summed E-state index contributed by atoms with van der Waals surface area (Å²) in [7, 11) is 0. The van der Waals surface area contributed by atoms with E-state index in [2.05, 4.69) is 0 Å². The lowest BCUT2D eigenvalue weighted by molar-refractivity contribution is -0.148. The second kappa shape index (κ2) is 7.75. The average molecular weight is 307 g/mol. The molecule has 1 rings (SSSR count). The highest BCUT2D eigenvalue weighted by Crippen LogP contribution is 2.26. The molecule has 0 fully saturated rings. The molecule has 0 amide bonds. The van der Waals surface area contributed by atoms with E-state index < -0.39 is 30.6 Å². The number of rotatable bonds is 7. The lowest BCUT2D eigenvalue weighted by Crippen LogP contribution is -2.38. The second-order valence-electron chi connectivity index (χ2n) is 5.29. The third-order valence-corrected chi connectivity index (χ3v) is 3.25. The third-order valence-electron chi connectivity index (χ3n) is 3.25. The fourth-order valence-corrected chi connectivity index (χ4v) is 2.33. The van der Waals surface area contributed by atoms with Crippen LogP contribution in [0.2, 0.25) is 0 Å². The molecule has 0 aliphatic heterocycles. The molecule has 0 aliphatic carbocycles. The molecule has 2 unspecified atom stereocenters. The number of halogens is 4. The number of hydrogen-bond acceptors (Lipinski definition) is 2. The summed E-state index contributed by atoms with van der Waals surface area (Å²) in [5.74, 6) is -1.05. The van der Waals surface area contributed by atoms with Gasteiger partial charge in [-0.05, 0) is 24.9 Å². The maximum atomic E-state index is 13.6. The number of benzene rings is 1. The minimum Gasteiger partial charge on any atom is -0.388 e. The average Bonchev–Trinajstić information content (AvgIpc) is 2.36. The van der Waals surface area contributed by atoms with E-state index >= 15 is 0 Å². The number of hydrogen-bond donors (Lipinski definition) is 1. The van der Waals surface area contributed by atoms with Crippen LogP contribution in [-0.4, -0.2) is 35.8 Å². The molecule has 1 N–H and O–H groups in total. The van der Waals surface area contributed by atoms with E-state index in [1.165, 1.54) is 23.1 Å². The van der Waals surface area contributed by atoms with E-state index in [0.29, 0.717) is 6.42 Å². The highest BCUT2D eigenvalue weighted by atomic mass is 19.4. The number of nitrogens with zero attached hydrogens (tertiary/aromatic N) is 1. The van der Waals surface area contributed by atoms with Gasteiger partial charge < -0.3 is 5.11 Å². The van der Waals surface area contributed by atoms with Crippen LogP contribution in [0, 0.1) is 11.7 Å². The molecule has 0 saturated heterocycles. The van der Waals surface area contributed by atoms with Crippen molar-refractivity contribution >= 4 is 0 Å². The molecule has 120 valence electrons. The zero-order valence-electron chi connectivity index (χ0n) is 12.2. The zero-order valence-corrected chi connectivity index (χ0v) is 12.2. The number of aliphatic hydroxyl groups excluding tert-OH is 1. The molecule has 6 heteroatoms. The smallest absolute Gasteiger partial charge is 0.388 e. The Labute approximate surface area is 122 Å². The van der Waals surface area contributed by atoms with Crippen molar-refractivity contribution in [3.05, 3.63) is 35.6 Å². The third kappa shape index (κ3) is 6.01. The van der Waals surface area contributed by atoms with Crippen LogP contribution in [0.15, 0.2) is 24.3 Å². The first-order valence-corrected chi connectivity index (χ1v) is 6.96. The Kier molecular flexibility index (Phi) is 6.61. The molecule has 0 saturated carbocycles. The Hall–Kier alpha value is -1.14. The fourth-order valence-electron chi connectivity index (χ4n) is 2.33. The van der Waals surface area contributed by atoms with Gasteiger partial charge >= 0.3 is 6.18 Å². The molecular formula is C15H21F4NO. The fraction of sp³-hybridized carbons (Fsp3) is 0.600. The van der Waals surface area contributed by atoms with E-state index in [1.54, 1.807) is 19.9 Å². The van der Waals surface area contributed by atoms with Crippen molar-refractivity contribution in [2.45, 2.75) is 32.5 Å². The Bertz CT molecular complexity index is 436. The van der Waals surface area contributed by atoms with Crippen LogP contribution in [0.5, 0.6) is 0 Å². The molecule has 2 nitrogen and oxygen atoms in total. The van der Waals surface area contributed by atoms with E-state index in [4.69, 9.17) is 0 Å².